The van der Waals surface area contributed by atoms with E-state index in [1.54, 1.807) is 6.92 Å². The average molecular weight is 336 g/mol. The zero-order valence-electron chi connectivity index (χ0n) is 14.5. The largest absolute Gasteiger partial charge is 0.481 e. The molecule has 0 radical (unpaired) electrons. The summed E-state index contributed by atoms with van der Waals surface area (Å²) in [6.07, 6.45) is 0. The number of amides is 2. The maximum atomic E-state index is 11.6. The van der Waals surface area contributed by atoms with Crippen LogP contribution >= 0.6 is 0 Å². The van der Waals surface area contributed by atoms with Crippen molar-refractivity contribution >= 4 is 17.8 Å². The van der Waals surface area contributed by atoms with Crippen molar-refractivity contribution in [3.63, 3.8) is 0 Å². The molecule has 1 rings (SSSR count). The molecule has 0 aliphatic carbocycles. The van der Waals surface area contributed by atoms with Crippen LogP contribution in [-0.4, -0.2) is 44.1 Å². The quantitative estimate of drug-likeness (QED) is 0.685. The Morgan fingerprint density at radius 2 is 1.58 bits per heavy atom. The fourth-order valence-electron chi connectivity index (χ4n) is 2.20. The summed E-state index contributed by atoms with van der Waals surface area (Å²) in [7, 11) is 0. The predicted octanol–water partition coefficient (Wildman–Crippen LogP) is 0.786. The SMILES string of the molecule is CCNC(=O)CNC(=O)COC(=O)COc1c(C)cc(C)cc1C. The minimum absolute atomic E-state index is 0.150. The molecule has 24 heavy (non-hydrogen) atoms. The number of carbonyl (C=O) groups excluding carboxylic acids is 3. The topological polar surface area (TPSA) is 93.7 Å². The fraction of sp³-hybridized carbons (Fsp3) is 0.471. The van der Waals surface area contributed by atoms with Gasteiger partial charge in [-0.1, -0.05) is 17.7 Å². The van der Waals surface area contributed by atoms with Crippen LogP contribution in [0, 0.1) is 20.8 Å². The molecule has 0 spiro atoms. The standard InChI is InChI=1S/C17H24N2O5/c1-5-18-14(20)8-19-15(21)9-23-16(22)10-24-17-12(3)6-11(2)7-13(17)4/h6-7H,5,8-10H2,1-4H3,(H,18,20)(H,19,21). The molecule has 132 valence electrons. The molecule has 0 unspecified atom stereocenters. The maximum absolute atomic E-state index is 11.6. The van der Waals surface area contributed by atoms with Crippen LogP contribution in [-0.2, 0) is 19.1 Å². The molecule has 2 amide bonds. The normalized spacial score (nSPS) is 10.0. The molecule has 1 aromatic rings. The van der Waals surface area contributed by atoms with Crippen LogP contribution in [0.15, 0.2) is 12.1 Å². The smallest absolute Gasteiger partial charge is 0.344 e. The summed E-state index contributed by atoms with van der Waals surface area (Å²) >= 11 is 0. The van der Waals surface area contributed by atoms with Crippen LogP contribution in [0.5, 0.6) is 5.75 Å². The van der Waals surface area contributed by atoms with Crippen LogP contribution < -0.4 is 15.4 Å². The molecule has 0 aliphatic heterocycles. The second-order valence-corrected chi connectivity index (χ2v) is 5.41. The molecule has 0 saturated heterocycles. The first-order valence-electron chi connectivity index (χ1n) is 7.73. The first-order chi connectivity index (χ1) is 11.3. The second-order valence-electron chi connectivity index (χ2n) is 5.41. The Hall–Kier alpha value is -2.57. The Labute approximate surface area is 141 Å². The number of benzene rings is 1. The summed E-state index contributed by atoms with van der Waals surface area (Å²) in [5.41, 5.74) is 2.98. The van der Waals surface area contributed by atoms with Crippen LogP contribution in [0.25, 0.3) is 0 Å². The highest BCUT2D eigenvalue weighted by Crippen LogP contribution is 2.24. The van der Waals surface area contributed by atoms with E-state index in [1.807, 2.05) is 32.9 Å². The van der Waals surface area contributed by atoms with E-state index in [9.17, 15) is 14.4 Å². The lowest BCUT2D eigenvalue weighted by molar-refractivity contribution is -0.150. The lowest BCUT2D eigenvalue weighted by Crippen LogP contribution is -2.38. The van der Waals surface area contributed by atoms with E-state index < -0.39 is 18.5 Å². The number of hydrogen-bond donors (Lipinski definition) is 2. The van der Waals surface area contributed by atoms with E-state index in [2.05, 4.69) is 10.6 Å². The third-order valence-corrected chi connectivity index (χ3v) is 3.12. The van der Waals surface area contributed by atoms with Crippen molar-refractivity contribution in [3.05, 3.63) is 28.8 Å². The molecule has 7 heteroatoms. The van der Waals surface area contributed by atoms with Crippen molar-refractivity contribution < 1.29 is 23.9 Å². The highest BCUT2D eigenvalue weighted by atomic mass is 16.6. The molecular weight excluding hydrogens is 312 g/mol. The Morgan fingerprint density at radius 3 is 2.17 bits per heavy atom. The number of rotatable bonds is 8. The molecule has 7 nitrogen and oxygen atoms in total. The zero-order valence-corrected chi connectivity index (χ0v) is 14.5. The van der Waals surface area contributed by atoms with Crippen molar-refractivity contribution in [1.29, 1.82) is 0 Å². The Balaban J connectivity index is 2.34. The van der Waals surface area contributed by atoms with Gasteiger partial charge in [0, 0.05) is 6.54 Å². The molecule has 0 aliphatic rings. The highest BCUT2D eigenvalue weighted by molar-refractivity contribution is 5.86. The van der Waals surface area contributed by atoms with Gasteiger partial charge in [-0.05, 0) is 38.8 Å². The monoisotopic (exact) mass is 336 g/mol. The number of nitrogens with one attached hydrogen (secondary N) is 2. The van der Waals surface area contributed by atoms with E-state index >= 15 is 0 Å². The van der Waals surface area contributed by atoms with E-state index in [4.69, 9.17) is 9.47 Å². The van der Waals surface area contributed by atoms with Gasteiger partial charge in [0.15, 0.2) is 13.2 Å². The van der Waals surface area contributed by atoms with Gasteiger partial charge < -0.3 is 20.1 Å². The summed E-state index contributed by atoms with van der Waals surface area (Å²) in [4.78, 5) is 34.3. The summed E-state index contributed by atoms with van der Waals surface area (Å²) in [6, 6.07) is 3.92. The van der Waals surface area contributed by atoms with Crippen LogP contribution in [0.1, 0.15) is 23.6 Å². The Morgan fingerprint density at radius 1 is 0.958 bits per heavy atom. The molecule has 0 saturated carbocycles. The van der Waals surface area contributed by atoms with E-state index in [0.29, 0.717) is 12.3 Å². The van der Waals surface area contributed by atoms with Crippen LogP contribution in [0.2, 0.25) is 0 Å². The van der Waals surface area contributed by atoms with Gasteiger partial charge in [0.25, 0.3) is 5.91 Å². The summed E-state index contributed by atoms with van der Waals surface area (Å²) in [5, 5.41) is 4.89. The minimum atomic E-state index is -0.650. The number of aryl methyl sites for hydroxylation is 3. The van der Waals surface area contributed by atoms with Crippen molar-refractivity contribution in [3.8, 4) is 5.75 Å². The fourth-order valence-corrected chi connectivity index (χ4v) is 2.20. The first-order valence-corrected chi connectivity index (χ1v) is 7.73. The first kappa shape index (κ1) is 19.5. The molecule has 1 aromatic carbocycles. The molecule has 0 aromatic heterocycles. The number of esters is 1. The lowest BCUT2D eigenvalue weighted by atomic mass is 10.1. The third-order valence-electron chi connectivity index (χ3n) is 3.12. The molecule has 0 atom stereocenters. The van der Waals surface area contributed by atoms with E-state index in [-0.39, 0.29) is 19.1 Å². The molecule has 0 heterocycles. The van der Waals surface area contributed by atoms with E-state index in [0.717, 1.165) is 16.7 Å². The van der Waals surface area contributed by atoms with Gasteiger partial charge >= 0.3 is 5.97 Å². The third kappa shape index (κ3) is 6.68. The van der Waals surface area contributed by atoms with Gasteiger partial charge in [-0.15, -0.1) is 0 Å². The second kappa shape index (κ2) is 9.54. The van der Waals surface area contributed by atoms with Crippen molar-refractivity contribution in [1.82, 2.24) is 10.6 Å². The molecule has 0 bridgehead atoms. The van der Waals surface area contributed by atoms with E-state index in [1.165, 1.54) is 0 Å². The lowest BCUT2D eigenvalue weighted by Gasteiger charge is -2.12. The average Bonchev–Trinajstić information content (AvgIpc) is 2.50. The van der Waals surface area contributed by atoms with Gasteiger partial charge in [-0.2, -0.15) is 0 Å². The maximum Gasteiger partial charge on any atom is 0.344 e. The molecule has 2 N–H and O–H groups in total. The zero-order chi connectivity index (χ0) is 18.1. The number of carbonyl (C=O) groups is 3. The summed E-state index contributed by atoms with van der Waals surface area (Å²) in [6.45, 7) is 7.16. The number of hydrogen-bond acceptors (Lipinski definition) is 5. The van der Waals surface area contributed by atoms with Crippen LogP contribution in [0.4, 0.5) is 0 Å². The van der Waals surface area contributed by atoms with Crippen molar-refractivity contribution in [2.75, 3.05) is 26.3 Å². The van der Waals surface area contributed by atoms with Crippen molar-refractivity contribution in [2.24, 2.45) is 0 Å². The Bertz CT molecular complexity index is 590. The molecule has 0 fully saturated rings. The van der Waals surface area contributed by atoms with Crippen molar-refractivity contribution in [2.45, 2.75) is 27.7 Å². The Kier molecular flexibility index (Phi) is 7.74. The highest BCUT2D eigenvalue weighted by Gasteiger charge is 2.11. The van der Waals surface area contributed by atoms with Gasteiger partial charge in [0.1, 0.15) is 5.75 Å². The number of likely N-dealkylation sites (N-methyl/N-ethyl adjacent to an activating group) is 1. The van der Waals surface area contributed by atoms with Gasteiger partial charge in [0.05, 0.1) is 6.54 Å². The van der Waals surface area contributed by atoms with Gasteiger partial charge in [-0.25, -0.2) is 4.79 Å². The minimum Gasteiger partial charge on any atom is -0.481 e. The molecular formula is C17H24N2O5. The summed E-state index contributed by atoms with van der Waals surface area (Å²) in [5.74, 6) is -0.857. The van der Waals surface area contributed by atoms with Crippen LogP contribution in [0.3, 0.4) is 0 Å². The predicted molar refractivity (Wildman–Crippen MR) is 88.8 cm³/mol. The van der Waals surface area contributed by atoms with Gasteiger partial charge in [0.2, 0.25) is 5.91 Å². The van der Waals surface area contributed by atoms with Gasteiger partial charge in [-0.3, -0.25) is 9.59 Å². The number of ether oxygens (including phenoxy) is 2. The summed E-state index contributed by atoms with van der Waals surface area (Å²) < 4.78 is 10.3.